The van der Waals surface area contributed by atoms with E-state index in [9.17, 15) is 14.7 Å². The molecule has 0 aromatic heterocycles. The fraction of sp³-hybridized carbons (Fsp3) is 0.714. The number of carbonyl (C=O) groups excluding carboxylic acids is 1. The van der Waals surface area contributed by atoms with Crippen molar-refractivity contribution in [2.45, 2.75) is 71.8 Å². The molecule has 0 aliphatic heterocycles. The summed E-state index contributed by atoms with van der Waals surface area (Å²) in [4.78, 5) is 23.8. The quantitative estimate of drug-likeness (QED) is 0.427. The standard InChI is InChI=1S/C21H32O4/c1-6-13(2)10-19(22)25-18-12-16(15(4)20(23)24)11-17-14(3)8-7-9-21(17,18)5/h13,16-18H,3-4,6-12H2,1-2,5H3,(H,23,24)/t13-,16-,17+,18+,21+/m1/s1. The van der Waals surface area contributed by atoms with Gasteiger partial charge in [-0.2, -0.15) is 0 Å². The Hall–Kier alpha value is -1.58. The summed E-state index contributed by atoms with van der Waals surface area (Å²) in [6, 6.07) is 0. The van der Waals surface area contributed by atoms with Gasteiger partial charge in [-0.05, 0) is 49.9 Å². The molecule has 4 nitrogen and oxygen atoms in total. The molecule has 1 N–H and O–H groups in total. The zero-order valence-electron chi connectivity index (χ0n) is 15.8. The van der Waals surface area contributed by atoms with Crippen LogP contribution >= 0.6 is 0 Å². The number of hydrogen-bond acceptors (Lipinski definition) is 3. The number of aliphatic carboxylic acids is 1. The number of fused-ring (bicyclic) bond motifs is 1. The molecule has 4 heteroatoms. The van der Waals surface area contributed by atoms with E-state index in [0.717, 1.165) is 32.1 Å². The molecule has 2 rings (SSSR count). The van der Waals surface area contributed by atoms with Crippen LogP contribution in [0.5, 0.6) is 0 Å². The number of ether oxygens (including phenoxy) is 1. The van der Waals surface area contributed by atoms with Crippen LogP contribution in [0, 0.1) is 23.2 Å². The van der Waals surface area contributed by atoms with Gasteiger partial charge < -0.3 is 9.84 Å². The van der Waals surface area contributed by atoms with Gasteiger partial charge in [-0.3, -0.25) is 4.79 Å². The molecule has 0 bridgehead atoms. The molecule has 0 amide bonds. The first-order chi connectivity index (χ1) is 11.7. The third kappa shape index (κ3) is 4.16. The second-order valence-corrected chi connectivity index (χ2v) is 8.26. The van der Waals surface area contributed by atoms with Gasteiger partial charge in [0.2, 0.25) is 0 Å². The number of carboxylic acid groups (broad SMARTS) is 1. The molecule has 140 valence electrons. The van der Waals surface area contributed by atoms with E-state index in [1.54, 1.807) is 0 Å². The van der Waals surface area contributed by atoms with Crippen molar-refractivity contribution in [3.63, 3.8) is 0 Å². The minimum absolute atomic E-state index is 0.143. The van der Waals surface area contributed by atoms with Crippen molar-refractivity contribution in [2.24, 2.45) is 23.2 Å². The second kappa shape index (κ2) is 7.76. The minimum Gasteiger partial charge on any atom is -0.478 e. The maximum atomic E-state index is 12.4. The van der Waals surface area contributed by atoms with E-state index in [4.69, 9.17) is 4.74 Å². The Balaban J connectivity index is 2.23. The molecule has 0 saturated heterocycles. The second-order valence-electron chi connectivity index (χ2n) is 8.26. The summed E-state index contributed by atoms with van der Waals surface area (Å²) in [5.74, 6) is -0.799. The molecule has 0 spiro atoms. The lowest BCUT2D eigenvalue weighted by molar-refractivity contribution is -0.166. The van der Waals surface area contributed by atoms with Crippen LogP contribution < -0.4 is 0 Å². The van der Waals surface area contributed by atoms with Crippen molar-refractivity contribution in [1.82, 2.24) is 0 Å². The summed E-state index contributed by atoms with van der Waals surface area (Å²) in [5, 5.41) is 9.35. The Morgan fingerprint density at radius 2 is 2.08 bits per heavy atom. The van der Waals surface area contributed by atoms with Crippen molar-refractivity contribution in [2.75, 3.05) is 0 Å². The Labute approximate surface area is 151 Å². The van der Waals surface area contributed by atoms with Gasteiger partial charge in [0.25, 0.3) is 0 Å². The maximum absolute atomic E-state index is 12.4. The van der Waals surface area contributed by atoms with Gasteiger partial charge >= 0.3 is 11.9 Å². The van der Waals surface area contributed by atoms with Crippen molar-refractivity contribution >= 4 is 11.9 Å². The van der Waals surface area contributed by atoms with E-state index in [1.807, 2.05) is 6.92 Å². The summed E-state index contributed by atoms with van der Waals surface area (Å²) >= 11 is 0. The van der Waals surface area contributed by atoms with Gasteiger partial charge in [0.05, 0.1) is 0 Å². The first kappa shape index (κ1) is 19.7. The third-order valence-corrected chi connectivity index (χ3v) is 6.51. The smallest absolute Gasteiger partial charge is 0.331 e. The first-order valence-electron chi connectivity index (χ1n) is 9.48. The van der Waals surface area contributed by atoms with Gasteiger partial charge in [-0.1, -0.05) is 45.9 Å². The molecule has 2 saturated carbocycles. The molecule has 2 aliphatic carbocycles. The Kier molecular flexibility index (Phi) is 6.12. The monoisotopic (exact) mass is 348 g/mol. The minimum atomic E-state index is -0.959. The molecule has 0 unspecified atom stereocenters. The van der Waals surface area contributed by atoms with Gasteiger partial charge in [0.1, 0.15) is 6.10 Å². The Bertz CT molecular complexity index is 564. The van der Waals surface area contributed by atoms with Gasteiger partial charge in [-0.15, -0.1) is 0 Å². The number of allylic oxidation sites excluding steroid dienone is 1. The molecular weight excluding hydrogens is 316 g/mol. The summed E-state index contributed by atoms with van der Waals surface area (Å²) in [6.45, 7) is 14.3. The zero-order valence-corrected chi connectivity index (χ0v) is 15.8. The fourth-order valence-corrected chi connectivity index (χ4v) is 4.52. The van der Waals surface area contributed by atoms with Crippen molar-refractivity contribution in [1.29, 1.82) is 0 Å². The molecule has 25 heavy (non-hydrogen) atoms. The maximum Gasteiger partial charge on any atom is 0.331 e. The lowest BCUT2D eigenvalue weighted by Gasteiger charge is -2.52. The lowest BCUT2D eigenvalue weighted by atomic mass is 9.55. The van der Waals surface area contributed by atoms with Gasteiger partial charge in [0, 0.05) is 17.4 Å². The highest BCUT2D eigenvalue weighted by molar-refractivity contribution is 5.86. The number of esters is 1. The largest absolute Gasteiger partial charge is 0.478 e. The summed E-state index contributed by atoms with van der Waals surface area (Å²) in [5.41, 5.74) is 1.25. The number of carbonyl (C=O) groups is 2. The van der Waals surface area contributed by atoms with Crippen LogP contribution in [-0.4, -0.2) is 23.1 Å². The first-order valence-corrected chi connectivity index (χ1v) is 9.48. The van der Waals surface area contributed by atoms with Crippen LogP contribution in [0.4, 0.5) is 0 Å². The van der Waals surface area contributed by atoms with E-state index in [1.165, 1.54) is 5.57 Å². The number of carboxylic acids is 1. The van der Waals surface area contributed by atoms with Gasteiger partial charge in [0.15, 0.2) is 0 Å². The SMILES string of the molecule is C=C(C(=O)O)[C@H]1C[C@H](OC(=O)C[C@H](C)CC)[C@@]2(C)CCCC(=C)[C@@H]2C1. The topological polar surface area (TPSA) is 63.6 Å². The van der Waals surface area contributed by atoms with Crippen LogP contribution in [0.15, 0.2) is 24.3 Å². The highest BCUT2D eigenvalue weighted by Gasteiger charge is 2.51. The highest BCUT2D eigenvalue weighted by Crippen LogP contribution is 2.55. The average Bonchev–Trinajstić information content (AvgIpc) is 2.54. The zero-order chi connectivity index (χ0) is 18.8. The summed E-state index contributed by atoms with van der Waals surface area (Å²) in [6.07, 6.45) is 5.41. The van der Waals surface area contributed by atoms with E-state index < -0.39 is 5.97 Å². The average molecular weight is 348 g/mol. The molecule has 0 radical (unpaired) electrons. The third-order valence-electron chi connectivity index (χ3n) is 6.51. The predicted molar refractivity (Wildman–Crippen MR) is 98.0 cm³/mol. The number of hydrogen-bond donors (Lipinski definition) is 1. The van der Waals surface area contributed by atoms with E-state index in [0.29, 0.717) is 18.8 Å². The van der Waals surface area contributed by atoms with Crippen LogP contribution in [-0.2, 0) is 14.3 Å². The Morgan fingerprint density at radius 3 is 2.68 bits per heavy atom. The molecule has 5 atom stereocenters. The summed E-state index contributed by atoms with van der Waals surface area (Å²) < 4.78 is 5.93. The molecule has 2 aliphatic rings. The highest BCUT2D eigenvalue weighted by atomic mass is 16.5. The molecule has 2 fully saturated rings. The van der Waals surface area contributed by atoms with Crippen LogP contribution in [0.1, 0.15) is 65.7 Å². The van der Waals surface area contributed by atoms with Gasteiger partial charge in [-0.25, -0.2) is 4.79 Å². The van der Waals surface area contributed by atoms with Crippen LogP contribution in [0.25, 0.3) is 0 Å². The summed E-state index contributed by atoms with van der Waals surface area (Å²) in [7, 11) is 0. The molecular formula is C21H32O4. The van der Waals surface area contributed by atoms with Crippen LogP contribution in [0.2, 0.25) is 0 Å². The normalized spacial score (nSPS) is 33.2. The van der Waals surface area contributed by atoms with E-state index >= 15 is 0 Å². The molecule has 0 aromatic carbocycles. The number of rotatable bonds is 6. The van der Waals surface area contributed by atoms with Crippen molar-refractivity contribution < 1.29 is 19.4 Å². The van der Waals surface area contributed by atoms with E-state index in [-0.39, 0.29) is 34.9 Å². The van der Waals surface area contributed by atoms with Crippen LogP contribution in [0.3, 0.4) is 0 Å². The predicted octanol–water partition coefficient (Wildman–Crippen LogP) is 4.75. The van der Waals surface area contributed by atoms with E-state index in [2.05, 4.69) is 27.0 Å². The van der Waals surface area contributed by atoms with Crippen molar-refractivity contribution in [3.05, 3.63) is 24.3 Å². The molecule has 0 aromatic rings. The fourth-order valence-electron chi connectivity index (χ4n) is 4.52. The molecule has 0 heterocycles. The Morgan fingerprint density at radius 1 is 1.40 bits per heavy atom. The lowest BCUT2D eigenvalue weighted by Crippen LogP contribution is -2.50. The van der Waals surface area contributed by atoms with Crippen molar-refractivity contribution in [3.8, 4) is 0 Å².